The summed E-state index contributed by atoms with van der Waals surface area (Å²) in [5.74, 6) is 1.23. The van der Waals surface area contributed by atoms with Gasteiger partial charge in [0, 0.05) is 12.3 Å². The molecule has 0 radical (unpaired) electrons. The number of carbonyl (C=O) groups is 1. The van der Waals surface area contributed by atoms with Gasteiger partial charge >= 0.3 is 0 Å². The van der Waals surface area contributed by atoms with Gasteiger partial charge in [-0.15, -0.1) is 0 Å². The zero-order chi connectivity index (χ0) is 23.2. The molecule has 0 aliphatic heterocycles. The van der Waals surface area contributed by atoms with Crippen LogP contribution in [0, 0.1) is 18.8 Å². The number of aldehydes is 1. The predicted octanol–water partition coefficient (Wildman–Crippen LogP) is 8.14. The minimum atomic E-state index is 0.291. The van der Waals surface area contributed by atoms with E-state index in [-0.39, 0.29) is 0 Å². The summed E-state index contributed by atoms with van der Waals surface area (Å²) in [6.07, 6.45) is 7.43. The molecule has 0 aromatic rings. The Hall–Kier alpha value is -2.67. The molecule has 0 saturated heterocycles. The molecule has 0 aromatic heterocycles. The third-order valence-corrected chi connectivity index (χ3v) is 7.58. The van der Waals surface area contributed by atoms with E-state index >= 15 is 0 Å². The Kier molecular flexibility index (Phi) is 6.12. The van der Waals surface area contributed by atoms with Crippen molar-refractivity contribution in [1.82, 2.24) is 0 Å². The molecule has 4 rings (SSSR count). The molecule has 4 aliphatic rings. The van der Waals surface area contributed by atoms with E-state index in [1.165, 1.54) is 55.7 Å². The van der Waals surface area contributed by atoms with E-state index in [0.29, 0.717) is 17.8 Å². The second kappa shape index (κ2) is 8.70. The van der Waals surface area contributed by atoms with E-state index in [0.717, 1.165) is 24.7 Å². The van der Waals surface area contributed by atoms with E-state index in [4.69, 9.17) is 0 Å². The molecule has 166 valence electrons. The van der Waals surface area contributed by atoms with Gasteiger partial charge in [-0.3, -0.25) is 4.79 Å². The van der Waals surface area contributed by atoms with Gasteiger partial charge in [0.15, 0.2) is 0 Å². The zero-order valence-electron chi connectivity index (χ0n) is 20.7. The molecule has 0 amide bonds. The van der Waals surface area contributed by atoms with Crippen LogP contribution in [0.3, 0.4) is 0 Å². The molecular weight excluding hydrogens is 388 g/mol. The molecule has 0 saturated carbocycles. The molecular formula is C31H36O. The highest BCUT2D eigenvalue weighted by Gasteiger charge is 2.33. The van der Waals surface area contributed by atoms with Gasteiger partial charge in [0.2, 0.25) is 0 Å². The van der Waals surface area contributed by atoms with Gasteiger partial charge < -0.3 is 0 Å². The lowest BCUT2D eigenvalue weighted by molar-refractivity contribution is -0.105. The highest BCUT2D eigenvalue weighted by atomic mass is 16.1. The van der Waals surface area contributed by atoms with Gasteiger partial charge in [0.1, 0.15) is 6.29 Å². The van der Waals surface area contributed by atoms with E-state index < -0.39 is 0 Å². The summed E-state index contributed by atoms with van der Waals surface area (Å²) < 4.78 is 0. The van der Waals surface area contributed by atoms with E-state index in [1.54, 1.807) is 0 Å². The van der Waals surface area contributed by atoms with E-state index in [2.05, 4.69) is 91.0 Å². The van der Waals surface area contributed by atoms with Crippen molar-refractivity contribution >= 4 is 6.29 Å². The van der Waals surface area contributed by atoms with Gasteiger partial charge in [-0.25, -0.2) is 0 Å². The third kappa shape index (κ3) is 3.83. The number of rotatable bonds is 5. The van der Waals surface area contributed by atoms with Crippen LogP contribution in [-0.4, -0.2) is 6.29 Å². The number of hydrogen-bond acceptors (Lipinski definition) is 1. The highest BCUT2D eigenvalue weighted by molar-refractivity contribution is 5.81. The minimum Gasteiger partial charge on any atom is -0.298 e. The molecule has 1 unspecified atom stereocenters. The second-order valence-electron chi connectivity index (χ2n) is 10.3. The van der Waals surface area contributed by atoms with Crippen molar-refractivity contribution in [2.24, 2.45) is 11.8 Å². The van der Waals surface area contributed by atoms with Gasteiger partial charge in [-0.2, -0.15) is 0 Å². The van der Waals surface area contributed by atoms with Crippen LogP contribution in [0.1, 0.15) is 70.6 Å². The molecule has 4 aliphatic carbocycles. The first-order valence-electron chi connectivity index (χ1n) is 12.0. The highest BCUT2D eigenvalue weighted by Crippen LogP contribution is 2.46. The van der Waals surface area contributed by atoms with Gasteiger partial charge in [-0.05, 0) is 94.7 Å². The Bertz CT molecular complexity index is 1160. The summed E-state index contributed by atoms with van der Waals surface area (Å²) >= 11 is 0. The van der Waals surface area contributed by atoms with Gasteiger partial charge in [0.05, 0.1) is 0 Å². The third-order valence-electron chi connectivity index (χ3n) is 7.58. The Balaban J connectivity index is 1.89. The Morgan fingerprint density at radius 3 is 2.34 bits per heavy atom. The number of carbonyl (C=O) groups excluding carboxylic acids is 1. The first-order valence-corrected chi connectivity index (χ1v) is 12.0. The van der Waals surface area contributed by atoms with Crippen molar-refractivity contribution < 1.29 is 4.79 Å². The number of allylic oxidation sites excluding steroid dienone is 8. The largest absolute Gasteiger partial charge is 0.298 e. The second-order valence-corrected chi connectivity index (χ2v) is 10.3. The summed E-state index contributed by atoms with van der Waals surface area (Å²) in [5.41, 5.74) is 14.5. The average Bonchev–Trinajstić information content (AvgIpc) is 3.15. The van der Waals surface area contributed by atoms with Crippen LogP contribution in [0.5, 0.6) is 0 Å². The fourth-order valence-electron chi connectivity index (χ4n) is 5.52. The average molecular weight is 425 g/mol. The summed E-state index contributed by atoms with van der Waals surface area (Å²) in [7, 11) is 0. The maximum absolute atomic E-state index is 11.8. The lowest BCUT2D eigenvalue weighted by atomic mass is 9.77. The predicted molar refractivity (Wildman–Crippen MR) is 136 cm³/mol. The molecule has 0 spiro atoms. The van der Waals surface area contributed by atoms with Crippen molar-refractivity contribution in [3.05, 3.63) is 92.6 Å². The molecule has 1 heteroatoms. The van der Waals surface area contributed by atoms with Crippen LogP contribution in [0.15, 0.2) is 75.9 Å². The number of aryl methyl sites for hydroxylation is 1. The Morgan fingerprint density at radius 1 is 0.938 bits per heavy atom. The molecule has 1 nitrogen and oxygen atoms in total. The number of fused-ring (bicyclic) bond motifs is 1. The number of hydrogen-bond donors (Lipinski definition) is 0. The molecule has 0 heterocycles. The quantitative estimate of drug-likeness (QED) is 0.443. The minimum absolute atomic E-state index is 0.291. The van der Waals surface area contributed by atoms with Gasteiger partial charge in [-0.1, -0.05) is 75.8 Å². The maximum Gasteiger partial charge on any atom is 0.146 e. The topological polar surface area (TPSA) is 17.1 Å². The Morgan fingerprint density at radius 2 is 1.69 bits per heavy atom. The van der Waals surface area contributed by atoms with Crippen molar-refractivity contribution in [1.29, 1.82) is 0 Å². The zero-order valence-corrected chi connectivity index (χ0v) is 20.7. The summed E-state index contributed by atoms with van der Waals surface area (Å²) in [5, 5.41) is 0. The van der Waals surface area contributed by atoms with Crippen LogP contribution in [-0.2, 0) is 11.2 Å². The standard InChI is InChI=1S/C31H36O/c1-18(2)23-10-11-24(27-13-9-20(5)28(27)14-23)15-30-26(19(3)4)12-8-21(6)29-16-25(17-32)22(7)31(29)30/h8-14,17-19,30H,15-16H2,1-7H3. The van der Waals surface area contributed by atoms with Crippen molar-refractivity contribution in [2.45, 2.75) is 67.2 Å². The van der Waals surface area contributed by atoms with Crippen LogP contribution < -0.4 is 0 Å². The molecule has 0 N–H and O–H groups in total. The first kappa shape index (κ1) is 22.5. The van der Waals surface area contributed by atoms with Crippen LogP contribution in [0.2, 0.25) is 0 Å². The van der Waals surface area contributed by atoms with Gasteiger partial charge in [0.25, 0.3) is 0 Å². The van der Waals surface area contributed by atoms with Crippen molar-refractivity contribution in [2.75, 3.05) is 0 Å². The fraction of sp³-hybridized carbons (Fsp3) is 0.387. The van der Waals surface area contributed by atoms with E-state index in [9.17, 15) is 4.79 Å². The van der Waals surface area contributed by atoms with Crippen molar-refractivity contribution in [3.63, 3.8) is 0 Å². The lowest BCUT2D eigenvalue weighted by Crippen LogP contribution is -2.16. The Labute approximate surface area is 194 Å². The molecule has 0 aromatic carbocycles. The molecule has 1 atom stereocenters. The fourth-order valence-corrected chi connectivity index (χ4v) is 5.52. The molecule has 0 bridgehead atoms. The van der Waals surface area contributed by atoms with Crippen molar-refractivity contribution in [3.8, 4) is 11.1 Å². The lowest BCUT2D eigenvalue weighted by Gasteiger charge is -2.27. The molecule has 32 heavy (non-hydrogen) atoms. The summed E-state index contributed by atoms with van der Waals surface area (Å²) in [4.78, 5) is 11.8. The SMILES string of the molecule is CC1=CC=C(C(C)C)C(Cc2ccc(C(C)C)cc3c(C)ccc2-3)C2=C1CC(C=O)=C2C. The van der Waals surface area contributed by atoms with Crippen LogP contribution in [0.25, 0.3) is 11.1 Å². The van der Waals surface area contributed by atoms with Crippen LogP contribution >= 0.6 is 0 Å². The maximum atomic E-state index is 11.8. The normalized spacial score (nSPS) is 19.0. The molecule has 0 fully saturated rings. The summed E-state index contributed by atoms with van der Waals surface area (Å²) in [6.45, 7) is 15.7. The summed E-state index contributed by atoms with van der Waals surface area (Å²) in [6, 6.07) is 11.6. The van der Waals surface area contributed by atoms with Crippen LogP contribution in [0.4, 0.5) is 0 Å². The first-order chi connectivity index (χ1) is 15.2. The monoisotopic (exact) mass is 424 g/mol. The van der Waals surface area contributed by atoms with E-state index in [1.807, 2.05) is 0 Å². The smallest absolute Gasteiger partial charge is 0.146 e.